The van der Waals surface area contributed by atoms with Crippen molar-refractivity contribution in [3.05, 3.63) is 22.8 Å². The lowest BCUT2D eigenvalue weighted by Crippen LogP contribution is -2.15. The van der Waals surface area contributed by atoms with Crippen molar-refractivity contribution in [3.63, 3.8) is 0 Å². The monoisotopic (exact) mass is 201 g/mol. The highest BCUT2D eigenvalue weighted by Crippen LogP contribution is 2.25. The molecule has 0 saturated heterocycles. The quantitative estimate of drug-likeness (QED) is 0.744. The summed E-state index contributed by atoms with van der Waals surface area (Å²) in [7, 11) is 1.51. The third-order valence-electron chi connectivity index (χ3n) is 1.69. The Bertz CT molecular complexity index is 307. The van der Waals surface area contributed by atoms with Crippen LogP contribution in [0.15, 0.2) is 12.1 Å². The van der Waals surface area contributed by atoms with E-state index >= 15 is 0 Å². The van der Waals surface area contributed by atoms with Crippen LogP contribution in [0, 0.1) is 0 Å². The molecule has 4 heteroatoms. The molecule has 0 aliphatic carbocycles. The van der Waals surface area contributed by atoms with Crippen molar-refractivity contribution in [2.45, 2.75) is 19.4 Å². The molecule has 0 unspecified atom stereocenters. The fourth-order valence-corrected chi connectivity index (χ4v) is 1.13. The first kappa shape index (κ1) is 10.3. The van der Waals surface area contributed by atoms with Crippen LogP contribution in [0.3, 0.4) is 0 Å². The molecule has 1 rings (SSSR count). The van der Waals surface area contributed by atoms with Crippen LogP contribution in [0.25, 0.3) is 0 Å². The van der Waals surface area contributed by atoms with Crippen molar-refractivity contribution in [1.82, 2.24) is 4.98 Å². The van der Waals surface area contributed by atoms with E-state index in [1.807, 2.05) is 0 Å². The molecule has 1 heterocycles. The van der Waals surface area contributed by atoms with Gasteiger partial charge in [-0.25, -0.2) is 4.98 Å². The zero-order valence-corrected chi connectivity index (χ0v) is 8.59. The van der Waals surface area contributed by atoms with E-state index in [2.05, 4.69) is 4.98 Å². The number of ether oxygens (including phenoxy) is 1. The van der Waals surface area contributed by atoms with Crippen molar-refractivity contribution in [1.29, 1.82) is 0 Å². The van der Waals surface area contributed by atoms with E-state index in [1.165, 1.54) is 7.11 Å². The maximum atomic E-state index is 9.69. The number of halogens is 1. The molecule has 1 N–H and O–H groups in total. The largest absolute Gasteiger partial charge is 0.481 e. The molecule has 0 amide bonds. The Morgan fingerprint density at radius 1 is 1.46 bits per heavy atom. The van der Waals surface area contributed by atoms with Crippen LogP contribution >= 0.6 is 11.6 Å². The van der Waals surface area contributed by atoms with Gasteiger partial charge in [0.15, 0.2) is 0 Å². The third-order valence-corrected chi connectivity index (χ3v) is 1.88. The Hall–Kier alpha value is -0.800. The molecule has 0 radical (unpaired) electrons. The van der Waals surface area contributed by atoms with Gasteiger partial charge in [0.2, 0.25) is 5.88 Å². The van der Waals surface area contributed by atoms with Gasteiger partial charge in [-0.3, -0.25) is 0 Å². The summed E-state index contributed by atoms with van der Waals surface area (Å²) in [5.74, 6) is 0.407. The molecule has 72 valence electrons. The van der Waals surface area contributed by atoms with E-state index in [0.717, 1.165) is 0 Å². The lowest BCUT2D eigenvalue weighted by molar-refractivity contribution is 0.0782. The summed E-state index contributed by atoms with van der Waals surface area (Å²) in [6, 6.07) is 3.27. The van der Waals surface area contributed by atoms with Gasteiger partial charge in [-0.15, -0.1) is 0 Å². The number of methoxy groups -OCH3 is 1. The molecular formula is C9H12ClNO2. The number of rotatable bonds is 2. The molecule has 0 fully saturated rings. The van der Waals surface area contributed by atoms with Gasteiger partial charge in [0.05, 0.1) is 12.7 Å². The summed E-state index contributed by atoms with van der Waals surface area (Å²) in [6.07, 6.45) is 0. The van der Waals surface area contributed by atoms with Gasteiger partial charge in [-0.2, -0.15) is 0 Å². The molecule has 1 aromatic heterocycles. The van der Waals surface area contributed by atoms with E-state index in [0.29, 0.717) is 16.6 Å². The molecule has 0 aliphatic heterocycles. The number of aromatic nitrogens is 1. The van der Waals surface area contributed by atoms with Gasteiger partial charge in [0.25, 0.3) is 0 Å². The van der Waals surface area contributed by atoms with Crippen LogP contribution in [0.2, 0.25) is 5.15 Å². The number of hydrogen-bond donors (Lipinski definition) is 1. The summed E-state index contributed by atoms with van der Waals surface area (Å²) in [5.41, 5.74) is -0.246. The molecular weight excluding hydrogens is 190 g/mol. The first-order valence-corrected chi connectivity index (χ1v) is 4.25. The van der Waals surface area contributed by atoms with Gasteiger partial charge >= 0.3 is 0 Å². The van der Waals surface area contributed by atoms with E-state index in [-0.39, 0.29) is 0 Å². The Labute approximate surface area is 82.3 Å². The summed E-state index contributed by atoms with van der Waals surface area (Å²) >= 11 is 5.73. The van der Waals surface area contributed by atoms with E-state index < -0.39 is 5.60 Å². The van der Waals surface area contributed by atoms with Gasteiger partial charge < -0.3 is 9.84 Å². The van der Waals surface area contributed by atoms with E-state index in [4.69, 9.17) is 16.3 Å². The predicted molar refractivity (Wildman–Crippen MR) is 51.0 cm³/mol. The first-order valence-electron chi connectivity index (χ1n) is 3.88. The fourth-order valence-electron chi connectivity index (χ4n) is 0.931. The van der Waals surface area contributed by atoms with Crippen LogP contribution in [0.4, 0.5) is 0 Å². The Balaban J connectivity index is 3.16. The topological polar surface area (TPSA) is 42.4 Å². The first-order chi connectivity index (χ1) is 5.93. The zero-order chi connectivity index (χ0) is 10.1. The molecule has 0 saturated carbocycles. The molecule has 1 aromatic rings. The van der Waals surface area contributed by atoms with Crippen molar-refractivity contribution in [2.75, 3.05) is 7.11 Å². The number of aliphatic hydroxyl groups is 1. The molecule has 3 nitrogen and oxygen atoms in total. The minimum atomic E-state index is -0.931. The van der Waals surface area contributed by atoms with Crippen molar-refractivity contribution < 1.29 is 9.84 Å². The standard InChI is InChI=1S/C9H12ClNO2/c1-9(2,12)6-4-7(10)11-8(5-6)13-3/h4-5,12H,1-3H3. The molecule has 13 heavy (non-hydrogen) atoms. The normalized spacial score (nSPS) is 11.5. The lowest BCUT2D eigenvalue weighted by atomic mass is 10.00. The molecule has 0 aliphatic rings. The smallest absolute Gasteiger partial charge is 0.214 e. The van der Waals surface area contributed by atoms with E-state index in [1.54, 1.807) is 26.0 Å². The minimum absolute atomic E-state index is 0.316. The SMILES string of the molecule is COc1cc(C(C)(C)O)cc(Cl)n1. The summed E-state index contributed by atoms with van der Waals surface area (Å²) in [6.45, 7) is 3.36. The highest BCUT2D eigenvalue weighted by Gasteiger charge is 2.17. The molecule has 0 spiro atoms. The Kier molecular flexibility index (Phi) is 2.78. The van der Waals surface area contributed by atoms with E-state index in [9.17, 15) is 5.11 Å². The molecule has 0 bridgehead atoms. The van der Waals surface area contributed by atoms with Gasteiger partial charge in [-0.05, 0) is 25.5 Å². The second-order valence-electron chi connectivity index (χ2n) is 3.28. The summed E-state index contributed by atoms with van der Waals surface area (Å²) in [4.78, 5) is 3.90. The van der Waals surface area contributed by atoms with Crippen LogP contribution < -0.4 is 4.74 Å². The predicted octanol–water partition coefficient (Wildman–Crippen LogP) is 1.97. The van der Waals surface area contributed by atoms with Gasteiger partial charge in [0.1, 0.15) is 5.15 Å². The van der Waals surface area contributed by atoms with Crippen LogP contribution in [0.1, 0.15) is 19.4 Å². The number of hydrogen-bond acceptors (Lipinski definition) is 3. The molecule has 0 aromatic carbocycles. The average Bonchev–Trinajstić information content (AvgIpc) is 2.01. The third kappa shape index (κ3) is 2.57. The average molecular weight is 202 g/mol. The second kappa shape index (κ2) is 3.52. The summed E-state index contributed by atoms with van der Waals surface area (Å²) < 4.78 is 4.92. The Morgan fingerprint density at radius 2 is 2.08 bits per heavy atom. The van der Waals surface area contributed by atoms with Crippen molar-refractivity contribution in [3.8, 4) is 5.88 Å². The van der Waals surface area contributed by atoms with Gasteiger partial charge in [-0.1, -0.05) is 11.6 Å². The second-order valence-corrected chi connectivity index (χ2v) is 3.67. The number of pyridine rings is 1. The van der Waals surface area contributed by atoms with Crippen LogP contribution in [0.5, 0.6) is 5.88 Å². The Morgan fingerprint density at radius 3 is 2.54 bits per heavy atom. The molecule has 0 atom stereocenters. The van der Waals surface area contributed by atoms with Crippen LogP contribution in [-0.2, 0) is 5.60 Å². The highest BCUT2D eigenvalue weighted by atomic mass is 35.5. The maximum Gasteiger partial charge on any atom is 0.214 e. The van der Waals surface area contributed by atoms with Crippen molar-refractivity contribution >= 4 is 11.6 Å². The number of nitrogens with zero attached hydrogens (tertiary/aromatic N) is 1. The minimum Gasteiger partial charge on any atom is -0.481 e. The maximum absolute atomic E-state index is 9.69. The zero-order valence-electron chi connectivity index (χ0n) is 7.84. The van der Waals surface area contributed by atoms with Gasteiger partial charge in [0, 0.05) is 6.07 Å². The summed E-state index contributed by atoms with van der Waals surface area (Å²) in [5, 5.41) is 10.0. The fraction of sp³-hybridized carbons (Fsp3) is 0.444. The lowest BCUT2D eigenvalue weighted by Gasteiger charge is -2.18. The highest BCUT2D eigenvalue weighted by molar-refractivity contribution is 6.29. The van der Waals surface area contributed by atoms with Crippen LogP contribution in [-0.4, -0.2) is 17.2 Å². The van der Waals surface area contributed by atoms with Crippen molar-refractivity contribution in [2.24, 2.45) is 0 Å².